The number of rotatable bonds is 3. The molecule has 160 valence electrons. The van der Waals surface area contributed by atoms with Crippen molar-refractivity contribution in [2.24, 2.45) is 0 Å². The van der Waals surface area contributed by atoms with Crippen LogP contribution in [0.5, 0.6) is 0 Å². The van der Waals surface area contributed by atoms with Crippen LogP contribution in [0.25, 0.3) is 5.65 Å². The third-order valence-corrected chi connectivity index (χ3v) is 6.27. The standard InChI is InChI=1S/C6H2Br2ClN3.C4H2Br2ClN3.C3H7BrO3/c7-3-5(9)12-2-1-10-6(12)4(8)11-3;5-1-3(7)10-4(8)2(6)9-1;1-5-3(6-2)7-4/h1-2H;(H2,8,10);3H,1-2H3. The molecule has 0 spiro atoms. The van der Waals surface area contributed by atoms with Crippen molar-refractivity contribution in [3.05, 3.63) is 41.1 Å². The van der Waals surface area contributed by atoms with Crippen LogP contribution in [0.4, 0.5) is 5.82 Å². The molecule has 0 aromatic carbocycles. The zero-order valence-corrected chi connectivity index (χ0v) is 23.9. The van der Waals surface area contributed by atoms with Crippen molar-refractivity contribution in [3.8, 4) is 0 Å². The molecule has 3 rings (SSSR count). The number of nitrogen functional groups attached to an aromatic ring is 1. The molecule has 0 atom stereocenters. The number of anilines is 1. The molecule has 2 N–H and O–H groups in total. The Morgan fingerprint density at radius 2 is 1.55 bits per heavy atom. The average Bonchev–Trinajstić information content (AvgIpc) is 3.18. The highest BCUT2D eigenvalue weighted by atomic mass is 79.9. The van der Waals surface area contributed by atoms with Crippen molar-refractivity contribution in [1.29, 1.82) is 0 Å². The van der Waals surface area contributed by atoms with Gasteiger partial charge >= 0.3 is 0 Å². The lowest BCUT2D eigenvalue weighted by molar-refractivity contribution is -0.207. The van der Waals surface area contributed by atoms with E-state index in [1.807, 2.05) is 0 Å². The first kappa shape index (κ1) is 27.4. The normalized spacial score (nSPS) is 10.4. The average molecular weight is 770 g/mol. The minimum absolute atomic E-state index is 0.265. The van der Waals surface area contributed by atoms with Crippen LogP contribution in [-0.2, 0) is 13.3 Å². The fraction of sp³-hybridized carbons (Fsp3) is 0.231. The molecule has 9 nitrogen and oxygen atoms in total. The maximum absolute atomic E-state index is 5.93. The Morgan fingerprint density at radius 3 is 2.03 bits per heavy atom. The van der Waals surface area contributed by atoms with Gasteiger partial charge in [-0.05, 0) is 63.7 Å². The lowest BCUT2D eigenvalue weighted by Crippen LogP contribution is -2.11. The second kappa shape index (κ2) is 13.7. The van der Waals surface area contributed by atoms with Crippen molar-refractivity contribution in [1.82, 2.24) is 24.3 Å². The second-order valence-corrected chi connectivity index (χ2v) is 8.53. The van der Waals surface area contributed by atoms with Crippen molar-refractivity contribution in [2.45, 2.75) is 6.48 Å². The molecule has 0 radical (unpaired) electrons. The van der Waals surface area contributed by atoms with Crippen LogP contribution in [-0.4, -0.2) is 45.0 Å². The van der Waals surface area contributed by atoms with Gasteiger partial charge in [-0.15, -0.1) is 0 Å². The molecule has 0 aliphatic carbocycles. The molecule has 16 heteroatoms. The van der Waals surface area contributed by atoms with E-state index in [1.165, 1.54) is 14.2 Å². The third kappa shape index (κ3) is 8.43. The predicted molar refractivity (Wildman–Crippen MR) is 128 cm³/mol. The number of imidazole rings is 1. The smallest absolute Gasteiger partial charge is 0.282 e. The molecule has 0 saturated heterocycles. The van der Waals surface area contributed by atoms with Crippen LogP contribution >= 0.6 is 103 Å². The van der Waals surface area contributed by atoms with Crippen molar-refractivity contribution < 1.29 is 13.3 Å². The highest BCUT2D eigenvalue weighted by Crippen LogP contribution is 2.25. The largest absolute Gasteiger partial charge is 0.381 e. The van der Waals surface area contributed by atoms with Crippen molar-refractivity contribution in [3.63, 3.8) is 0 Å². The van der Waals surface area contributed by atoms with Crippen LogP contribution in [0, 0.1) is 0 Å². The fourth-order valence-corrected chi connectivity index (χ4v) is 3.92. The minimum Gasteiger partial charge on any atom is -0.381 e. The molecule has 0 saturated carbocycles. The van der Waals surface area contributed by atoms with Crippen LogP contribution in [0.2, 0.25) is 10.3 Å². The van der Waals surface area contributed by atoms with Gasteiger partial charge in [0.25, 0.3) is 6.48 Å². The highest BCUT2D eigenvalue weighted by molar-refractivity contribution is 9.11. The Kier molecular flexibility index (Phi) is 12.9. The summed E-state index contributed by atoms with van der Waals surface area (Å²) < 4.78 is 17.5. The van der Waals surface area contributed by atoms with Gasteiger partial charge in [-0.25, -0.2) is 19.9 Å². The number of aromatic nitrogens is 5. The summed E-state index contributed by atoms with van der Waals surface area (Å²) >= 11 is 26.9. The third-order valence-electron chi connectivity index (χ3n) is 2.66. The monoisotopic (exact) mass is 764 g/mol. The lowest BCUT2D eigenvalue weighted by Gasteiger charge is -2.06. The van der Waals surface area contributed by atoms with E-state index in [-0.39, 0.29) is 11.0 Å². The molecule has 0 aliphatic heterocycles. The minimum atomic E-state index is -0.597. The number of hydrogen-bond acceptors (Lipinski definition) is 8. The van der Waals surface area contributed by atoms with Crippen molar-refractivity contribution in [2.75, 3.05) is 20.0 Å². The summed E-state index contributed by atoms with van der Waals surface area (Å²) in [5.41, 5.74) is 6.08. The van der Waals surface area contributed by atoms with Gasteiger partial charge in [0, 0.05) is 26.6 Å². The van der Waals surface area contributed by atoms with Gasteiger partial charge in [0.15, 0.2) is 21.2 Å². The van der Waals surface area contributed by atoms with Crippen molar-refractivity contribution >= 4 is 115 Å². The first-order valence-electron chi connectivity index (χ1n) is 6.96. The molecule has 0 amide bonds. The molecule has 0 aliphatic rings. The van der Waals surface area contributed by atoms with Gasteiger partial charge in [0.2, 0.25) is 0 Å². The Bertz CT molecular complexity index is 891. The Morgan fingerprint density at radius 1 is 0.966 bits per heavy atom. The predicted octanol–water partition coefficient (Wildman–Crippen LogP) is 6.03. The SMILES string of the molecule is COC(OC)OBr.Clc1c(Br)nc(Br)c2nccn12.Nc1nc(Cl)c(Br)nc1Br. The summed E-state index contributed by atoms with van der Waals surface area (Å²) in [5.74, 6) is 0.285. The molecular formula is C13H11Br5Cl2N6O3. The van der Waals surface area contributed by atoms with Gasteiger partial charge in [-0.2, -0.15) is 0 Å². The van der Waals surface area contributed by atoms with Crippen LogP contribution in [0.1, 0.15) is 0 Å². The lowest BCUT2D eigenvalue weighted by atomic mass is 10.7. The van der Waals surface area contributed by atoms with E-state index in [0.29, 0.717) is 29.2 Å². The Labute approximate surface area is 218 Å². The van der Waals surface area contributed by atoms with E-state index in [1.54, 1.807) is 16.8 Å². The van der Waals surface area contributed by atoms with E-state index in [2.05, 4.69) is 113 Å². The highest BCUT2D eigenvalue weighted by Gasteiger charge is 2.08. The number of fused-ring (bicyclic) bond motifs is 1. The van der Waals surface area contributed by atoms with Crippen LogP contribution in [0.3, 0.4) is 0 Å². The molecule has 0 fully saturated rings. The fourth-order valence-electron chi connectivity index (χ4n) is 1.45. The van der Waals surface area contributed by atoms with Gasteiger partial charge in [-0.1, -0.05) is 23.2 Å². The summed E-state index contributed by atoms with van der Waals surface area (Å²) in [6, 6.07) is 0. The zero-order valence-electron chi connectivity index (χ0n) is 14.4. The maximum atomic E-state index is 5.93. The van der Waals surface area contributed by atoms with Gasteiger partial charge in [0.05, 0.1) is 0 Å². The topological polar surface area (TPSA) is 110 Å². The molecule has 3 aromatic rings. The molecule has 3 aromatic heterocycles. The summed E-state index contributed by atoms with van der Waals surface area (Å²) in [7, 11) is 2.96. The number of ether oxygens (including phenoxy) is 2. The van der Waals surface area contributed by atoms with E-state index in [9.17, 15) is 0 Å². The summed E-state index contributed by atoms with van der Waals surface area (Å²) in [4.78, 5) is 15.8. The summed E-state index contributed by atoms with van der Waals surface area (Å²) in [5, 5.41) is 0.784. The van der Waals surface area contributed by atoms with Gasteiger partial charge < -0.3 is 15.2 Å². The molecular weight excluding hydrogens is 759 g/mol. The Hall–Kier alpha value is 0.360. The van der Waals surface area contributed by atoms with E-state index in [4.69, 9.17) is 28.9 Å². The molecule has 3 heterocycles. The van der Waals surface area contributed by atoms with E-state index >= 15 is 0 Å². The maximum Gasteiger partial charge on any atom is 0.282 e. The van der Waals surface area contributed by atoms with E-state index in [0.717, 1.165) is 0 Å². The molecule has 0 unspecified atom stereocenters. The summed E-state index contributed by atoms with van der Waals surface area (Å²) in [6.45, 7) is -0.597. The van der Waals surface area contributed by atoms with Crippen LogP contribution in [0.15, 0.2) is 30.8 Å². The number of methoxy groups -OCH3 is 2. The van der Waals surface area contributed by atoms with E-state index < -0.39 is 6.48 Å². The van der Waals surface area contributed by atoms with Gasteiger partial charge in [-0.3, -0.25) is 8.23 Å². The van der Waals surface area contributed by atoms with Gasteiger partial charge in [0.1, 0.15) is 35.2 Å². The first-order valence-corrected chi connectivity index (χ1v) is 11.5. The Balaban J connectivity index is 0.000000227. The quantitative estimate of drug-likeness (QED) is 0.322. The number of nitrogens with zero attached hydrogens (tertiary/aromatic N) is 5. The zero-order chi connectivity index (χ0) is 22.1. The number of nitrogens with two attached hydrogens (primary N) is 1. The van der Waals surface area contributed by atoms with Crippen LogP contribution < -0.4 is 5.73 Å². The number of halogens is 7. The summed E-state index contributed by atoms with van der Waals surface area (Å²) in [6.07, 6.45) is 3.44. The second-order valence-electron chi connectivity index (χ2n) is 4.44. The molecule has 29 heavy (non-hydrogen) atoms. The first-order chi connectivity index (χ1) is 13.7. The number of hydrogen-bond donors (Lipinski definition) is 1. The molecule has 0 bridgehead atoms.